The fourth-order valence-corrected chi connectivity index (χ4v) is 2.64. The van der Waals surface area contributed by atoms with Crippen molar-refractivity contribution < 1.29 is 4.43 Å². The Labute approximate surface area is 131 Å². The minimum absolute atomic E-state index is 0. The van der Waals surface area contributed by atoms with E-state index in [1.165, 1.54) is 18.0 Å². The molecule has 0 aliphatic heterocycles. The van der Waals surface area contributed by atoms with E-state index in [2.05, 4.69) is 41.1 Å². The molecule has 0 aliphatic carbocycles. The lowest BCUT2D eigenvalue weighted by Gasteiger charge is -2.20. The van der Waals surface area contributed by atoms with Crippen molar-refractivity contribution in [2.24, 2.45) is 0 Å². The Morgan fingerprint density at radius 3 is 2.70 bits per heavy atom. The molecule has 0 unspecified atom stereocenters. The lowest BCUT2D eigenvalue weighted by molar-refractivity contribution is 0.365. The fourth-order valence-electron chi connectivity index (χ4n) is 1.90. The predicted octanol–water partition coefficient (Wildman–Crippen LogP) is 2.18. The molecular formula is C15H27ClN2OSi. The molecule has 1 aromatic rings. The highest BCUT2D eigenvalue weighted by atomic mass is 35.5. The van der Waals surface area contributed by atoms with Crippen LogP contribution in [0, 0.1) is 0 Å². The van der Waals surface area contributed by atoms with Gasteiger partial charge in [-0.15, -0.1) is 12.4 Å². The normalized spacial score (nSPS) is 10.4. The van der Waals surface area contributed by atoms with Crippen molar-refractivity contribution in [1.29, 1.82) is 0 Å². The molecular weight excluding hydrogens is 288 g/mol. The number of halogens is 1. The number of hydrogen-bond donors (Lipinski definition) is 1. The Morgan fingerprint density at radius 2 is 2.05 bits per heavy atom. The van der Waals surface area contributed by atoms with E-state index in [4.69, 9.17) is 4.43 Å². The van der Waals surface area contributed by atoms with E-state index in [-0.39, 0.29) is 22.2 Å². The molecule has 5 heteroatoms. The number of nitrogens with one attached hydrogen (secondary N) is 1. The quantitative estimate of drug-likeness (QED) is 0.500. The van der Waals surface area contributed by atoms with Gasteiger partial charge in [-0.3, -0.25) is 0 Å². The van der Waals surface area contributed by atoms with Gasteiger partial charge >= 0.3 is 0 Å². The number of rotatable bonds is 11. The van der Waals surface area contributed by atoms with Crippen LogP contribution >= 0.6 is 12.4 Å². The zero-order chi connectivity index (χ0) is 13.8. The van der Waals surface area contributed by atoms with Crippen LogP contribution < -0.4 is 5.32 Å². The van der Waals surface area contributed by atoms with E-state index in [0.29, 0.717) is 0 Å². The Hall–Kier alpha value is -0.813. The first-order valence-corrected chi connectivity index (χ1v) is 8.54. The summed E-state index contributed by atoms with van der Waals surface area (Å²) < 4.78 is 5.16. The molecule has 0 spiro atoms. The van der Waals surface area contributed by atoms with Crippen LogP contribution in [0.4, 0.5) is 0 Å². The molecule has 114 valence electrons. The third kappa shape index (κ3) is 9.15. The predicted molar refractivity (Wildman–Crippen MR) is 92.1 cm³/mol. The number of nitrogens with zero attached hydrogens (tertiary/aromatic N) is 1. The summed E-state index contributed by atoms with van der Waals surface area (Å²) in [7, 11) is 1.57. The van der Waals surface area contributed by atoms with Crippen molar-refractivity contribution in [1.82, 2.24) is 10.2 Å². The smallest absolute Gasteiger partial charge is 0.161 e. The van der Waals surface area contributed by atoms with Crippen LogP contribution in [0.2, 0.25) is 6.04 Å². The van der Waals surface area contributed by atoms with Gasteiger partial charge in [0.05, 0.1) is 0 Å². The Balaban J connectivity index is 0.00000361. The molecule has 0 atom stereocenters. The summed E-state index contributed by atoms with van der Waals surface area (Å²) in [6, 6.07) is 11.8. The Bertz CT molecular complexity index is 338. The molecule has 0 fully saturated rings. The van der Waals surface area contributed by atoms with Crippen molar-refractivity contribution in [3.8, 4) is 0 Å². The maximum atomic E-state index is 5.16. The molecule has 1 N–H and O–H groups in total. The van der Waals surface area contributed by atoms with E-state index in [1.54, 1.807) is 0 Å². The van der Waals surface area contributed by atoms with Gasteiger partial charge in [-0.2, -0.15) is 0 Å². The average Bonchev–Trinajstić information content (AvgIpc) is 2.46. The molecule has 0 aliphatic rings. The molecule has 0 radical (unpaired) electrons. The summed E-state index contributed by atoms with van der Waals surface area (Å²) in [5.74, 6) is 0. The van der Waals surface area contributed by atoms with Gasteiger partial charge in [-0.25, -0.2) is 0 Å². The first-order chi connectivity index (χ1) is 9.36. The molecule has 0 saturated heterocycles. The van der Waals surface area contributed by atoms with Gasteiger partial charge in [0.25, 0.3) is 0 Å². The lowest BCUT2D eigenvalue weighted by atomic mass is 10.2. The van der Waals surface area contributed by atoms with E-state index in [9.17, 15) is 0 Å². The molecule has 0 aromatic heterocycles. The summed E-state index contributed by atoms with van der Waals surface area (Å²) in [6.07, 6.45) is 3.15. The second-order valence-electron chi connectivity index (χ2n) is 4.59. The van der Waals surface area contributed by atoms with Gasteiger partial charge in [0.15, 0.2) is 9.76 Å². The highest BCUT2D eigenvalue weighted by Crippen LogP contribution is 2.03. The minimum atomic E-state index is -0.239. The molecule has 1 rings (SSSR count). The lowest BCUT2D eigenvalue weighted by Crippen LogP contribution is -2.28. The van der Waals surface area contributed by atoms with Gasteiger partial charge in [-0.05, 0) is 30.8 Å². The van der Waals surface area contributed by atoms with Crippen molar-refractivity contribution in [3.05, 3.63) is 48.7 Å². The van der Waals surface area contributed by atoms with Crippen LogP contribution in [0.5, 0.6) is 0 Å². The third-order valence-electron chi connectivity index (χ3n) is 3.01. The second kappa shape index (κ2) is 13.2. The number of hydrogen-bond acceptors (Lipinski definition) is 3. The molecule has 0 amide bonds. The van der Waals surface area contributed by atoms with Gasteiger partial charge in [0.1, 0.15) is 0 Å². The topological polar surface area (TPSA) is 24.5 Å². The van der Waals surface area contributed by atoms with E-state index < -0.39 is 0 Å². The van der Waals surface area contributed by atoms with Crippen LogP contribution in [-0.2, 0) is 11.0 Å². The zero-order valence-electron chi connectivity index (χ0n) is 12.4. The van der Waals surface area contributed by atoms with Gasteiger partial charge in [0.2, 0.25) is 0 Å². The van der Waals surface area contributed by atoms with Crippen LogP contribution in [0.25, 0.3) is 0 Å². The summed E-state index contributed by atoms with van der Waals surface area (Å²) in [5, 5.41) is 3.47. The van der Waals surface area contributed by atoms with E-state index >= 15 is 0 Å². The first kappa shape index (κ1) is 19.2. The molecule has 1 aromatic carbocycles. The average molecular weight is 315 g/mol. The molecule has 20 heavy (non-hydrogen) atoms. The third-order valence-corrected chi connectivity index (χ3v) is 4.21. The second-order valence-corrected chi connectivity index (χ2v) is 6.28. The van der Waals surface area contributed by atoms with Crippen molar-refractivity contribution in [2.75, 3.05) is 26.7 Å². The summed E-state index contributed by atoms with van der Waals surface area (Å²) >= 11 is 0. The van der Waals surface area contributed by atoms with Crippen molar-refractivity contribution in [2.45, 2.75) is 19.0 Å². The minimum Gasteiger partial charge on any atom is -0.427 e. The van der Waals surface area contributed by atoms with Crippen LogP contribution in [0.15, 0.2) is 43.1 Å². The van der Waals surface area contributed by atoms with Gasteiger partial charge in [0, 0.05) is 26.7 Å². The molecule has 0 saturated carbocycles. The Kier molecular flexibility index (Phi) is 12.6. The Morgan fingerprint density at radius 1 is 1.30 bits per heavy atom. The molecule has 0 heterocycles. The summed E-state index contributed by atoms with van der Waals surface area (Å²) in [4.78, 5) is 2.24. The van der Waals surface area contributed by atoms with Crippen molar-refractivity contribution in [3.63, 3.8) is 0 Å². The van der Waals surface area contributed by atoms with Crippen LogP contribution in [-0.4, -0.2) is 41.4 Å². The van der Waals surface area contributed by atoms with E-state index in [0.717, 1.165) is 26.2 Å². The SMILES string of the molecule is C=CN(CCNCCC[SiH2]OC)Cc1ccccc1.Cl. The first-order valence-electron chi connectivity index (χ1n) is 6.97. The monoisotopic (exact) mass is 314 g/mol. The maximum absolute atomic E-state index is 5.16. The zero-order valence-corrected chi connectivity index (χ0v) is 14.6. The summed E-state index contributed by atoms with van der Waals surface area (Å²) in [5.41, 5.74) is 1.33. The van der Waals surface area contributed by atoms with Crippen LogP contribution in [0.3, 0.4) is 0 Å². The largest absolute Gasteiger partial charge is 0.427 e. The van der Waals surface area contributed by atoms with Gasteiger partial charge in [-0.1, -0.05) is 36.9 Å². The number of benzene rings is 1. The van der Waals surface area contributed by atoms with Crippen LogP contribution in [0.1, 0.15) is 12.0 Å². The highest BCUT2D eigenvalue weighted by molar-refractivity contribution is 6.26. The van der Waals surface area contributed by atoms with E-state index in [1.807, 2.05) is 19.4 Å². The summed E-state index contributed by atoms with van der Waals surface area (Å²) in [6.45, 7) is 7.91. The standard InChI is InChI=1S/C15H26N2OSi.ClH/c1-3-17(14-15-8-5-4-6-9-15)12-11-16-10-7-13-19-18-2;/h3-6,8-9,16H,1,7,10-14,19H2,2H3;1H. The molecule has 3 nitrogen and oxygen atoms in total. The highest BCUT2D eigenvalue weighted by Gasteiger charge is 1.99. The fraction of sp³-hybridized carbons (Fsp3) is 0.467. The molecule has 0 bridgehead atoms. The maximum Gasteiger partial charge on any atom is 0.161 e. The van der Waals surface area contributed by atoms with Gasteiger partial charge < -0.3 is 14.6 Å². The van der Waals surface area contributed by atoms with Crippen molar-refractivity contribution >= 4 is 22.2 Å².